The van der Waals surface area contributed by atoms with Crippen LogP contribution >= 0.6 is 0 Å². The van der Waals surface area contributed by atoms with Crippen molar-refractivity contribution >= 4 is 11.0 Å². The molecule has 0 aliphatic carbocycles. The average Bonchev–Trinajstić information content (AvgIpc) is 3.11. The first kappa shape index (κ1) is 15.9. The van der Waals surface area contributed by atoms with Crippen molar-refractivity contribution in [1.82, 2.24) is 15.2 Å². The molecule has 2 unspecified atom stereocenters. The van der Waals surface area contributed by atoms with Crippen molar-refractivity contribution < 1.29 is 14.5 Å². The van der Waals surface area contributed by atoms with E-state index < -0.39 is 5.60 Å². The number of ether oxygens (including phenoxy) is 1. The number of benzene rings is 2. The summed E-state index contributed by atoms with van der Waals surface area (Å²) in [4.78, 5) is 2.49. The van der Waals surface area contributed by atoms with Gasteiger partial charge in [-0.3, -0.25) is 4.90 Å². The molecule has 26 heavy (non-hydrogen) atoms. The quantitative estimate of drug-likeness (QED) is 0.782. The van der Waals surface area contributed by atoms with Crippen LogP contribution in [-0.4, -0.2) is 45.6 Å². The van der Waals surface area contributed by atoms with Gasteiger partial charge in [0.2, 0.25) is 0 Å². The maximum Gasteiger partial charge on any atom is 0.135 e. The van der Waals surface area contributed by atoms with Gasteiger partial charge in [0.15, 0.2) is 0 Å². The summed E-state index contributed by atoms with van der Waals surface area (Å²) in [6.07, 6.45) is 1.29. The highest BCUT2D eigenvalue weighted by Gasteiger charge is 2.47. The van der Waals surface area contributed by atoms with Crippen LogP contribution in [0.25, 0.3) is 11.0 Å². The maximum atomic E-state index is 11.5. The Labute approximate surface area is 151 Å². The molecule has 3 aromatic rings. The van der Waals surface area contributed by atoms with Gasteiger partial charge in [-0.2, -0.15) is 0 Å². The summed E-state index contributed by atoms with van der Waals surface area (Å²) in [5.74, 6) is 0. The van der Waals surface area contributed by atoms with E-state index in [1.807, 2.05) is 24.3 Å². The first-order valence-corrected chi connectivity index (χ1v) is 9.04. The molecule has 0 amide bonds. The number of hydrogen-bond donors (Lipinski definition) is 1. The lowest BCUT2D eigenvalue weighted by molar-refractivity contribution is -0.149. The van der Waals surface area contributed by atoms with Crippen molar-refractivity contribution in [2.45, 2.75) is 37.1 Å². The molecule has 5 rings (SSSR count). The van der Waals surface area contributed by atoms with Crippen LogP contribution in [0, 0.1) is 0 Å². The number of aromatic nitrogens is 2. The fraction of sp³-hybridized carbons (Fsp3) is 0.400. The molecule has 2 aliphatic rings. The third kappa shape index (κ3) is 2.70. The molecule has 2 saturated heterocycles. The Bertz CT molecular complexity index is 897. The Hall–Kier alpha value is -2.28. The molecule has 6 nitrogen and oxygen atoms in total. The fourth-order valence-corrected chi connectivity index (χ4v) is 4.40. The molecule has 134 valence electrons. The lowest BCUT2D eigenvalue weighted by Crippen LogP contribution is -2.60. The third-order valence-electron chi connectivity index (χ3n) is 5.70. The number of rotatable bonds is 3. The highest BCUT2D eigenvalue weighted by atomic mass is 16.6. The zero-order valence-electron chi connectivity index (χ0n) is 14.4. The van der Waals surface area contributed by atoms with E-state index in [2.05, 4.69) is 39.5 Å². The SMILES string of the molecule is OC1(c2ccc3nonc3c2)CC2COCC(C1)N2Cc1ccccc1. The summed E-state index contributed by atoms with van der Waals surface area (Å²) in [7, 11) is 0. The van der Waals surface area contributed by atoms with Gasteiger partial charge in [-0.05, 0) is 46.4 Å². The van der Waals surface area contributed by atoms with E-state index >= 15 is 0 Å². The Morgan fingerprint density at radius 3 is 2.50 bits per heavy atom. The van der Waals surface area contributed by atoms with E-state index in [0.29, 0.717) is 37.1 Å². The molecule has 1 N–H and O–H groups in total. The van der Waals surface area contributed by atoms with Crippen LogP contribution in [0.5, 0.6) is 0 Å². The molecular weight excluding hydrogens is 330 g/mol. The van der Waals surface area contributed by atoms with Gasteiger partial charge in [0.25, 0.3) is 0 Å². The monoisotopic (exact) mass is 351 g/mol. The smallest absolute Gasteiger partial charge is 0.135 e. The summed E-state index contributed by atoms with van der Waals surface area (Å²) in [6.45, 7) is 2.20. The Morgan fingerprint density at radius 2 is 1.73 bits per heavy atom. The van der Waals surface area contributed by atoms with Crippen LogP contribution in [0.3, 0.4) is 0 Å². The summed E-state index contributed by atoms with van der Waals surface area (Å²) in [6, 6.07) is 16.6. The highest BCUT2D eigenvalue weighted by Crippen LogP contribution is 2.42. The van der Waals surface area contributed by atoms with Crippen molar-refractivity contribution in [3.05, 3.63) is 59.7 Å². The standard InChI is InChI=1S/C20H21N3O3/c24-20(15-6-7-18-19(8-15)22-26-21-18)9-16-12-25-13-17(10-20)23(16)11-14-4-2-1-3-5-14/h1-8,16-17,24H,9-13H2. The number of hydrogen-bond acceptors (Lipinski definition) is 6. The number of fused-ring (bicyclic) bond motifs is 3. The van der Waals surface area contributed by atoms with Crippen LogP contribution < -0.4 is 0 Å². The number of piperidine rings is 1. The predicted molar refractivity (Wildman–Crippen MR) is 95.3 cm³/mol. The maximum absolute atomic E-state index is 11.5. The summed E-state index contributed by atoms with van der Waals surface area (Å²) >= 11 is 0. The van der Waals surface area contributed by atoms with Gasteiger partial charge in [-0.1, -0.05) is 36.4 Å². The molecule has 0 radical (unpaired) electrons. The molecule has 2 atom stereocenters. The van der Waals surface area contributed by atoms with E-state index in [4.69, 9.17) is 9.37 Å². The highest BCUT2D eigenvalue weighted by molar-refractivity contribution is 5.74. The van der Waals surface area contributed by atoms with Gasteiger partial charge in [0.05, 0.1) is 18.8 Å². The van der Waals surface area contributed by atoms with Crippen molar-refractivity contribution in [2.24, 2.45) is 0 Å². The minimum absolute atomic E-state index is 0.193. The van der Waals surface area contributed by atoms with Gasteiger partial charge in [0, 0.05) is 18.6 Å². The molecule has 2 fully saturated rings. The molecule has 2 aromatic carbocycles. The lowest BCUT2D eigenvalue weighted by atomic mass is 9.76. The first-order chi connectivity index (χ1) is 12.7. The molecule has 6 heteroatoms. The van der Waals surface area contributed by atoms with E-state index in [-0.39, 0.29) is 12.1 Å². The lowest BCUT2D eigenvalue weighted by Gasteiger charge is -2.51. The molecule has 0 saturated carbocycles. The Balaban J connectivity index is 1.43. The zero-order chi connectivity index (χ0) is 17.6. The second kappa shape index (κ2) is 6.16. The number of morpholine rings is 1. The zero-order valence-corrected chi connectivity index (χ0v) is 14.4. The number of nitrogens with zero attached hydrogens (tertiary/aromatic N) is 3. The Morgan fingerprint density at radius 1 is 1.00 bits per heavy atom. The largest absolute Gasteiger partial charge is 0.385 e. The van der Waals surface area contributed by atoms with Crippen LogP contribution in [0.2, 0.25) is 0 Å². The summed E-state index contributed by atoms with van der Waals surface area (Å²) < 4.78 is 10.6. The van der Waals surface area contributed by atoms with Gasteiger partial charge < -0.3 is 9.84 Å². The predicted octanol–water partition coefficient (Wildman–Crippen LogP) is 2.47. The van der Waals surface area contributed by atoms with Crippen LogP contribution in [0.15, 0.2) is 53.2 Å². The van der Waals surface area contributed by atoms with Gasteiger partial charge in [-0.25, -0.2) is 4.63 Å². The normalized spacial score (nSPS) is 29.1. The van der Waals surface area contributed by atoms with Gasteiger partial charge >= 0.3 is 0 Å². The van der Waals surface area contributed by atoms with Crippen molar-refractivity contribution in [3.8, 4) is 0 Å². The van der Waals surface area contributed by atoms with Crippen LogP contribution in [-0.2, 0) is 16.9 Å². The average molecular weight is 351 g/mol. The second-order valence-corrected chi connectivity index (χ2v) is 7.41. The van der Waals surface area contributed by atoms with Crippen LogP contribution in [0.1, 0.15) is 24.0 Å². The van der Waals surface area contributed by atoms with E-state index in [9.17, 15) is 5.11 Å². The van der Waals surface area contributed by atoms with Crippen molar-refractivity contribution in [1.29, 1.82) is 0 Å². The van der Waals surface area contributed by atoms with Crippen molar-refractivity contribution in [2.75, 3.05) is 13.2 Å². The van der Waals surface area contributed by atoms with Crippen molar-refractivity contribution in [3.63, 3.8) is 0 Å². The molecular formula is C20H21N3O3. The third-order valence-corrected chi connectivity index (χ3v) is 5.70. The molecule has 2 bridgehead atoms. The summed E-state index contributed by atoms with van der Waals surface area (Å²) in [5, 5.41) is 19.2. The Kier molecular flexibility index (Phi) is 3.77. The second-order valence-electron chi connectivity index (χ2n) is 7.41. The molecule has 0 spiro atoms. The topological polar surface area (TPSA) is 71.6 Å². The van der Waals surface area contributed by atoms with E-state index in [0.717, 1.165) is 12.1 Å². The fourth-order valence-electron chi connectivity index (χ4n) is 4.40. The first-order valence-electron chi connectivity index (χ1n) is 9.04. The van der Waals surface area contributed by atoms with E-state index in [1.165, 1.54) is 5.56 Å². The minimum atomic E-state index is -0.876. The van der Waals surface area contributed by atoms with E-state index in [1.54, 1.807) is 0 Å². The molecule has 1 aromatic heterocycles. The minimum Gasteiger partial charge on any atom is -0.385 e. The van der Waals surface area contributed by atoms with Gasteiger partial charge in [0.1, 0.15) is 11.0 Å². The molecule has 3 heterocycles. The molecule has 2 aliphatic heterocycles. The van der Waals surface area contributed by atoms with Crippen LogP contribution in [0.4, 0.5) is 0 Å². The van der Waals surface area contributed by atoms with Gasteiger partial charge in [-0.15, -0.1) is 0 Å². The summed E-state index contributed by atoms with van der Waals surface area (Å²) in [5.41, 5.74) is 2.70. The number of aliphatic hydroxyl groups is 1.